The van der Waals surface area contributed by atoms with Crippen molar-refractivity contribution in [1.29, 1.82) is 0 Å². The normalized spacial score (nSPS) is 14.5. The van der Waals surface area contributed by atoms with Gasteiger partial charge < -0.3 is 9.80 Å². The number of piperazine rings is 1. The molecule has 0 N–H and O–H groups in total. The lowest BCUT2D eigenvalue weighted by atomic mass is 10.1. The van der Waals surface area contributed by atoms with Gasteiger partial charge in [-0.2, -0.15) is 5.10 Å². The third kappa shape index (κ3) is 5.13. The first-order chi connectivity index (χ1) is 12.3. The Bertz CT molecular complexity index is 686. The van der Waals surface area contributed by atoms with Gasteiger partial charge in [-0.3, -0.25) is 0 Å². The minimum absolute atomic E-state index is 0.996. The maximum Gasteiger partial charge on any atom is 0.151 e. The van der Waals surface area contributed by atoms with Crippen LogP contribution < -0.4 is 4.90 Å². The van der Waals surface area contributed by atoms with Crippen LogP contribution >= 0.6 is 0 Å². The molecule has 25 heavy (non-hydrogen) atoms. The second kappa shape index (κ2) is 8.94. The number of hydrogen-bond donors (Lipinski definition) is 0. The predicted molar refractivity (Wildman–Crippen MR) is 104 cm³/mol. The van der Waals surface area contributed by atoms with Crippen molar-refractivity contribution in [2.45, 2.75) is 0 Å². The summed E-state index contributed by atoms with van der Waals surface area (Å²) in [5.41, 5.74) is 2.55. The maximum atomic E-state index is 4.08. The third-order valence-corrected chi connectivity index (χ3v) is 4.27. The first kappa shape index (κ1) is 17.1. The SMILES string of the molecule is CN1CCN(c2cccnn2)CC1.c1ccc(-c2ccccc2)cc1. The van der Waals surface area contributed by atoms with Crippen molar-refractivity contribution in [2.75, 3.05) is 38.1 Å². The van der Waals surface area contributed by atoms with Crippen LogP contribution in [0.3, 0.4) is 0 Å². The van der Waals surface area contributed by atoms with E-state index in [0.29, 0.717) is 0 Å². The van der Waals surface area contributed by atoms with Crippen LogP contribution in [0.15, 0.2) is 79.0 Å². The van der Waals surface area contributed by atoms with Gasteiger partial charge in [0, 0.05) is 32.4 Å². The lowest BCUT2D eigenvalue weighted by Crippen LogP contribution is -2.44. The van der Waals surface area contributed by atoms with Gasteiger partial charge in [-0.05, 0) is 30.3 Å². The Morgan fingerprint density at radius 3 is 1.72 bits per heavy atom. The molecule has 2 aromatic carbocycles. The van der Waals surface area contributed by atoms with Crippen LogP contribution in [0.2, 0.25) is 0 Å². The minimum Gasteiger partial charge on any atom is -0.353 e. The van der Waals surface area contributed by atoms with Crippen molar-refractivity contribution in [2.24, 2.45) is 0 Å². The van der Waals surface area contributed by atoms with Crippen molar-refractivity contribution in [3.05, 3.63) is 79.0 Å². The number of likely N-dealkylation sites (N-methyl/N-ethyl adjacent to an activating group) is 1. The van der Waals surface area contributed by atoms with E-state index in [2.05, 4.69) is 75.6 Å². The van der Waals surface area contributed by atoms with Crippen molar-refractivity contribution in [3.63, 3.8) is 0 Å². The average molecular weight is 332 g/mol. The molecule has 0 unspecified atom stereocenters. The summed E-state index contributed by atoms with van der Waals surface area (Å²) in [5, 5.41) is 7.96. The van der Waals surface area contributed by atoms with Crippen LogP contribution in [-0.2, 0) is 0 Å². The fraction of sp³-hybridized carbons (Fsp3) is 0.238. The zero-order valence-corrected chi connectivity index (χ0v) is 14.6. The molecule has 4 rings (SSSR count). The molecule has 128 valence electrons. The number of aromatic nitrogens is 2. The predicted octanol–water partition coefficient (Wildman–Crippen LogP) is 3.58. The third-order valence-electron chi connectivity index (χ3n) is 4.27. The van der Waals surface area contributed by atoms with Crippen LogP contribution in [0.5, 0.6) is 0 Å². The van der Waals surface area contributed by atoms with Gasteiger partial charge in [-0.1, -0.05) is 60.7 Å². The van der Waals surface area contributed by atoms with Gasteiger partial charge in [0.25, 0.3) is 0 Å². The van der Waals surface area contributed by atoms with Crippen LogP contribution in [0.1, 0.15) is 0 Å². The topological polar surface area (TPSA) is 32.3 Å². The molecular formula is C21H24N4. The summed E-state index contributed by atoms with van der Waals surface area (Å²) in [6.07, 6.45) is 1.71. The molecule has 0 amide bonds. The lowest BCUT2D eigenvalue weighted by molar-refractivity contribution is 0.312. The van der Waals surface area contributed by atoms with E-state index >= 15 is 0 Å². The molecule has 1 aliphatic rings. The molecule has 0 radical (unpaired) electrons. The average Bonchev–Trinajstić information content (AvgIpc) is 2.71. The number of anilines is 1. The van der Waals surface area contributed by atoms with Crippen molar-refractivity contribution in [1.82, 2.24) is 15.1 Å². The molecule has 1 saturated heterocycles. The first-order valence-corrected chi connectivity index (χ1v) is 8.64. The molecule has 1 fully saturated rings. The molecule has 1 aliphatic heterocycles. The quantitative estimate of drug-likeness (QED) is 0.718. The summed E-state index contributed by atoms with van der Waals surface area (Å²) < 4.78 is 0. The number of hydrogen-bond acceptors (Lipinski definition) is 4. The molecule has 2 heterocycles. The Labute approximate surface area is 149 Å². The highest BCUT2D eigenvalue weighted by Crippen LogP contribution is 2.17. The molecule has 0 atom stereocenters. The fourth-order valence-electron chi connectivity index (χ4n) is 2.76. The van der Waals surface area contributed by atoms with E-state index in [-0.39, 0.29) is 0 Å². The Morgan fingerprint density at radius 1 is 0.680 bits per heavy atom. The van der Waals surface area contributed by atoms with E-state index in [1.807, 2.05) is 24.3 Å². The Balaban J connectivity index is 0.000000146. The molecule has 0 saturated carbocycles. The summed E-state index contributed by atoms with van der Waals surface area (Å²) in [5.74, 6) is 0.996. The van der Waals surface area contributed by atoms with E-state index in [9.17, 15) is 0 Å². The molecule has 4 nitrogen and oxygen atoms in total. The lowest BCUT2D eigenvalue weighted by Gasteiger charge is -2.32. The molecule has 4 heteroatoms. The molecule has 1 aromatic heterocycles. The van der Waals surface area contributed by atoms with E-state index in [4.69, 9.17) is 0 Å². The van der Waals surface area contributed by atoms with Crippen molar-refractivity contribution in [3.8, 4) is 11.1 Å². The van der Waals surface area contributed by atoms with E-state index < -0.39 is 0 Å². The molecular weight excluding hydrogens is 308 g/mol. The minimum atomic E-state index is 0.996. The fourth-order valence-corrected chi connectivity index (χ4v) is 2.76. The molecule has 3 aromatic rings. The molecule has 0 bridgehead atoms. The number of rotatable bonds is 2. The highest BCUT2D eigenvalue weighted by atomic mass is 15.3. The van der Waals surface area contributed by atoms with Crippen molar-refractivity contribution < 1.29 is 0 Å². The van der Waals surface area contributed by atoms with E-state index in [0.717, 1.165) is 32.0 Å². The second-order valence-electron chi connectivity index (χ2n) is 6.10. The van der Waals surface area contributed by atoms with Gasteiger partial charge in [-0.15, -0.1) is 5.10 Å². The Kier molecular flexibility index (Phi) is 6.12. The summed E-state index contributed by atoms with van der Waals surface area (Å²) in [4.78, 5) is 4.60. The summed E-state index contributed by atoms with van der Waals surface area (Å²) in [7, 11) is 2.15. The van der Waals surface area contributed by atoms with Gasteiger partial charge in [0.15, 0.2) is 5.82 Å². The highest BCUT2D eigenvalue weighted by molar-refractivity contribution is 5.62. The zero-order chi connectivity index (χ0) is 17.3. The van der Waals surface area contributed by atoms with Gasteiger partial charge >= 0.3 is 0 Å². The maximum absolute atomic E-state index is 4.08. The second-order valence-corrected chi connectivity index (χ2v) is 6.10. The summed E-state index contributed by atoms with van der Waals surface area (Å²) in [6.45, 7) is 4.32. The van der Waals surface area contributed by atoms with Gasteiger partial charge in [0.05, 0.1) is 0 Å². The van der Waals surface area contributed by atoms with Crippen LogP contribution in [-0.4, -0.2) is 48.3 Å². The number of nitrogens with zero attached hydrogens (tertiary/aromatic N) is 4. The standard InChI is InChI=1S/C12H10.C9H14N4/c1-3-7-11(8-4-1)12-9-5-2-6-10-12;1-12-5-7-13(8-6-12)9-3-2-4-10-11-9/h1-10H;2-4H,5-8H2,1H3. The summed E-state index contributed by atoms with van der Waals surface area (Å²) >= 11 is 0. The number of benzene rings is 2. The van der Waals surface area contributed by atoms with E-state index in [1.165, 1.54) is 11.1 Å². The first-order valence-electron chi connectivity index (χ1n) is 8.64. The molecule has 0 spiro atoms. The zero-order valence-electron chi connectivity index (χ0n) is 14.6. The van der Waals surface area contributed by atoms with Gasteiger partial charge in [-0.25, -0.2) is 0 Å². The summed E-state index contributed by atoms with van der Waals surface area (Å²) in [6, 6.07) is 24.7. The molecule has 0 aliphatic carbocycles. The Morgan fingerprint density at radius 2 is 1.24 bits per heavy atom. The monoisotopic (exact) mass is 332 g/mol. The van der Waals surface area contributed by atoms with Gasteiger partial charge in [0.2, 0.25) is 0 Å². The smallest absolute Gasteiger partial charge is 0.151 e. The highest BCUT2D eigenvalue weighted by Gasteiger charge is 2.14. The van der Waals surface area contributed by atoms with Crippen molar-refractivity contribution >= 4 is 5.82 Å². The van der Waals surface area contributed by atoms with E-state index in [1.54, 1.807) is 6.20 Å². The Hall–Kier alpha value is -2.72. The van der Waals surface area contributed by atoms with Crippen LogP contribution in [0.25, 0.3) is 11.1 Å². The van der Waals surface area contributed by atoms with Crippen LogP contribution in [0.4, 0.5) is 5.82 Å². The van der Waals surface area contributed by atoms with Gasteiger partial charge in [0.1, 0.15) is 0 Å². The van der Waals surface area contributed by atoms with Crippen LogP contribution in [0, 0.1) is 0 Å². The largest absolute Gasteiger partial charge is 0.353 e.